The summed E-state index contributed by atoms with van der Waals surface area (Å²) in [6, 6.07) is 1.19. The van der Waals surface area contributed by atoms with Gasteiger partial charge in [-0.15, -0.1) is 0 Å². The molecular weight excluding hydrogens is 199 g/mol. The van der Waals surface area contributed by atoms with E-state index in [0.29, 0.717) is 24.5 Å². The highest BCUT2D eigenvalue weighted by molar-refractivity contribution is 5.33. The van der Waals surface area contributed by atoms with Gasteiger partial charge < -0.3 is 15.2 Å². The van der Waals surface area contributed by atoms with Gasteiger partial charge in [0, 0.05) is 19.2 Å². The maximum absolute atomic E-state index is 13.1. The minimum absolute atomic E-state index is 0.0250. The zero-order valence-corrected chi connectivity index (χ0v) is 8.46. The van der Waals surface area contributed by atoms with Crippen LogP contribution in [-0.4, -0.2) is 22.7 Å². The van der Waals surface area contributed by atoms with Gasteiger partial charge in [-0.05, 0) is 6.42 Å². The molecule has 1 aliphatic rings. The monoisotopic (exact) mass is 212 g/mol. The molecule has 0 saturated heterocycles. The fraction of sp³-hybridized carbons (Fsp3) is 0.500. The van der Waals surface area contributed by atoms with Gasteiger partial charge in [0.1, 0.15) is 17.5 Å². The number of nitrogens with one attached hydrogen (secondary N) is 1. The van der Waals surface area contributed by atoms with Crippen LogP contribution in [0.3, 0.4) is 0 Å². The molecule has 0 aromatic carbocycles. The first-order valence-corrected chi connectivity index (χ1v) is 4.96. The number of ether oxygens (including phenoxy) is 1. The Bertz CT molecular complexity index is 371. The summed E-state index contributed by atoms with van der Waals surface area (Å²) in [6.45, 7) is 3.19. The Balaban J connectivity index is 2.34. The van der Waals surface area contributed by atoms with E-state index in [1.165, 1.54) is 6.07 Å². The van der Waals surface area contributed by atoms with Crippen LogP contribution >= 0.6 is 0 Å². The predicted molar refractivity (Wildman–Crippen MR) is 52.3 cm³/mol. The molecule has 0 amide bonds. The fourth-order valence-corrected chi connectivity index (χ4v) is 1.53. The zero-order valence-electron chi connectivity index (χ0n) is 8.46. The van der Waals surface area contributed by atoms with Crippen LogP contribution in [0.4, 0.5) is 4.39 Å². The maximum atomic E-state index is 13.1. The second kappa shape index (κ2) is 4.02. The number of aromatic nitrogens is 1. The smallest absolute Gasteiger partial charge is 0.248 e. The average molecular weight is 212 g/mol. The highest BCUT2D eigenvalue weighted by Crippen LogP contribution is 2.26. The summed E-state index contributed by atoms with van der Waals surface area (Å²) in [6.07, 6.45) is 0.867. The van der Waals surface area contributed by atoms with Crippen molar-refractivity contribution in [1.29, 1.82) is 0 Å². The van der Waals surface area contributed by atoms with Crippen molar-refractivity contribution >= 4 is 0 Å². The van der Waals surface area contributed by atoms with Crippen molar-refractivity contribution in [2.24, 2.45) is 0 Å². The number of aromatic hydroxyl groups is 1. The van der Waals surface area contributed by atoms with Crippen LogP contribution in [0.25, 0.3) is 0 Å². The molecule has 0 radical (unpaired) electrons. The molecule has 1 aliphatic heterocycles. The Labute approximate surface area is 87.1 Å². The van der Waals surface area contributed by atoms with E-state index in [4.69, 9.17) is 9.84 Å². The molecule has 0 bridgehead atoms. The molecule has 2 heterocycles. The summed E-state index contributed by atoms with van der Waals surface area (Å²) < 4.78 is 18.6. The number of halogens is 1. The van der Waals surface area contributed by atoms with Gasteiger partial charge in [0.25, 0.3) is 0 Å². The molecule has 5 heteroatoms. The lowest BCUT2D eigenvalue weighted by molar-refractivity contribution is 0.200. The molecule has 0 unspecified atom stereocenters. The fourth-order valence-electron chi connectivity index (χ4n) is 1.53. The molecule has 1 atom stereocenters. The van der Waals surface area contributed by atoms with Gasteiger partial charge in [-0.25, -0.2) is 9.37 Å². The number of rotatable bonds is 1. The molecule has 4 nitrogen and oxygen atoms in total. The van der Waals surface area contributed by atoms with E-state index in [9.17, 15) is 4.39 Å². The highest BCUT2D eigenvalue weighted by atomic mass is 19.1. The lowest BCUT2D eigenvalue weighted by Gasteiger charge is -2.14. The summed E-state index contributed by atoms with van der Waals surface area (Å²) in [7, 11) is 0. The standard InChI is InChI=1S/C10H13FN2O2/c1-2-6-4-12-5-8-9(15-6)3-7(11)10(14)13-8/h3,6,12H,2,4-5H2,1H3,(H,13,14)/t6-/m1/s1. The summed E-state index contributed by atoms with van der Waals surface area (Å²) in [4.78, 5) is 3.74. The Morgan fingerprint density at radius 2 is 2.53 bits per heavy atom. The maximum Gasteiger partial charge on any atom is 0.248 e. The lowest BCUT2D eigenvalue weighted by atomic mass is 10.3. The summed E-state index contributed by atoms with van der Waals surface area (Å²) in [5, 5.41) is 12.3. The minimum atomic E-state index is -0.745. The molecule has 2 rings (SSSR count). The Morgan fingerprint density at radius 3 is 3.27 bits per heavy atom. The molecule has 2 N–H and O–H groups in total. The van der Waals surface area contributed by atoms with Crippen LogP contribution in [-0.2, 0) is 6.54 Å². The van der Waals surface area contributed by atoms with Gasteiger partial charge in [-0.3, -0.25) is 0 Å². The van der Waals surface area contributed by atoms with Crippen LogP contribution in [0.2, 0.25) is 0 Å². The molecule has 0 saturated carbocycles. The van der Waals surface area contributed by atoms with Crippen LogP contribution in [0, 0.1) is 5.82 Å². The number of nitrogens with zero attached hydrogens (tertiary/aromatic N) is 1. The largest absolute Gasteiger partial charge is 0.491 e. The van der Waals surface area contributed by atoms with Crippen LogP contribution < -0.4 is 10.1 Å². The van der Waals surface area contributed by atoms with E-state index in [0.717, 1.165) is 6.42 Å². The van der Waals surface area contributed by atoms with Crippen molar-refractivity contribution in [2.75, 3.05) is 6.54 Å². The second-order valence-electron chi connectivity index (χ2n) is 3.52. The average Bonchev–Trinajstić information content (AvgIpc) is 2.41. The molecule has 15 heavy (non-hydrogen) atoms. The van der Waals surface area contributed by atoms with Gasteiger partial charge >= 0.3 is 0 Å². The Hall–Kier alpha value is -1.36. The van der Waals surface area contributed by atoms with Crippen molar-refractivity contribution in [3.05, 3.63) is 17.6 Å². The molecular formula is C10H13FN2O2. The Morgan fingerprint density at radius 1 is 1.73 bits per heavy atom. The number of hydrogen-bond donors (Lipinski definition) is 2. The molecule has 0 aliphatic carbocycles. The van der Waals surface area contributed by atoms with Crippen molar-refractivity contribution in [3.8, 4) is 11.6 Å². The van der Waals surface area contributed by atoms with E-state index in [-0.39, 0.29) is 6.10 Å². The van der Waals surface area contributed by atoms with Gasteiger partial charge in [-0.1, -0.05) is 6.92 Å². The summed E-state index contributed by atoms with van der Waals surface area (Å²) in [5.74, 6) is -0.901. The third-order valence-corrected chi connectivity index (χ3v) is 2.41. The van der Waals surface area contributed by atoms with E-state index >= 15 is 0 Å². The molecule has 1 aromatic rings. The van der Waals surface area contributed by atoms with E-state index < -0.39 is 11.7 Å². The van der Waals surface area contributed by atoms with Gasteiger partial charge in [0.2, 0.25) is 5.88 Å². The quantitative estimate of drug-likeness (QED) is 0.734. The van der Waals surface area contributed by atoms with Crippen LogP contribution in [0.15, 0.2) is 6.07 Å². The van der Waals surface area contributed by atoms with Crippen LogP contribution in [0.5, 0.6) is 11.6 Å². The minimum Gasteiger partial charge on any atom is -0.491 e. The normalized spacial score (nSPS) is 20.3. The lowest BCUT2D eigenvalue weighted by Crippen LogP contribution is -2.27. The van der Waals surface area contributed by atoms with Gasteiger partial charge in [0.15, 0.2) is 5.82 Å². The SMILES string of the molecule is CC[C@@H]1CNCc2nc(O)c(F)cc2O1. The molecule has 0 spiro atoms. The number of fused-ring (bicyclic) bond motifs is 1. The number of pyridine rings is 1. The van der Waals surface area contributed by atoms with E-state index in [2.05, 4.69) is 10.3 Å². The summed E-state index contributed by atoms with van der Waals surface area (Å²) in [5.41, 5.74) is 0.546. The van der Waals surface area contributed by atoms with Crippen molar-refractivity contribution in [2.45, 2.75) is 26.0 Å². The van der Waals surface area contributed by atoms with E-state index in [1.54, 1.807) is 0 Å². The van der Waals surface area contributed by atoms with E-state index in [1.807, 2.05) is 6.92 Å². The topological polar surface area (TPSA) is 54.4 Å². The predicted octanol–water partition coefficient (Wildman–Crippen LogP) is 1.19. The highest BCUT2D eigenvalue weighted by Gasteiger charge is 2.19. The zero-order chi connectivity index (χ0) is 10.8. The molecule has 0 fully saturated rings. The van der Waals surface area contributed by atoms with Gasteiger partial charge in [-0.2, -0.15) is 0 Å². The third kappa shape index (κ3) is 2.02. The van der Waals surface area contributed by atoms with Crippen LogP contribution in [0.1, 0.15) is 19.0 Å². The first-order chi connectivity index (χ1) is 7.20. The third-order valence-electron chi connectivity index (χ3n) is 2.41. The van der Waals surface area contributed by atoms with Crippen molar-refractivity contribution in [3.63, 3.8) is 0 Å². The second-order valence-corrected chi connectivity index (χ2v) is 3.52. The first kappa shape index (κ1) is 10.2. The van der Waals surface area contributed by atoms with Crippen molar-refractivity contribution in [1.82, 2.24) is 10.3 Å². The number of hydrogen-bond acceptors (Lipinski definition) is 4. The van der Waals surface area contributed by atoms with Gasteiger partial charge in [0.05, 0.1) is 0 Å². The Kier molecular flexibility index (Phi) is 2.73. The molecule has 82 valence electrons. The molecule has 1 aromatic heterocycles. The van der Waals surface area contributed by atoms with Crippen molar-refractivity contribution < 1.29 is 14.2 Å². The summed E-state index contributed by atoms with van der Waals surface area (Å²) >= 11 is 0. The first-order valence-electron chi connectivity index (χ1n) is 4.96.